The number of ether oxygens (including phenoxy) is 1. The maximum Gasteiger partial charge on any atom is 0.191 e. The average molecular weight is 482 g/mol. The predicted octanol–water partition coefficient (Wildman–Crippen LogP) is 2.21. The summed E-state index contributed by atoms with van der Waals surface area (Å²) >= 11 is 0. The zero-order chi connectivity index (χ0) is 17.9. The van der Waals surface area contributed by atoms with Gasteiger partial charge in [-0.2, -0.15) is 0 Å². The van der Waals surface area contributed by atoms with E-state index in [-0.39, 0.29) is 24.0 Å². The maximum atomic E-state index is 10.0. The van der Waals surface area contributed by atoms with Gasteiger partial charge in [0.15, 0.2) is 5.96 Å². The number of nitrogens with one attached hydrogen (secondary N) is 2. The Morgan fingerprint density at radius 1 is 1.23 bits per heavy atom. The zero-order valence-corrected chi connectivity index (χ0v) is 18.9. The van der Waals surface area contributed by atoms with Crippen LogP contribution in [-0.2, 0) is 4.74 Å². The fourth-order valence-electron chi connectivity index (χ4n) is 3.10. The van der Waals surface area contributed by atoms with Crippen LogP contribution in [0.25, 0.3) is 0 Å². The van der Waals surface area contributed by atoms with Gasteiger partial charge in [-0.3, -0.25) is 4.99 Å². The SMILES string of the molecule is CCCCN1CCC(NC(=NCC(O)COCC2CC2)NCC)CC1.I. The number of hydrogen-bond acceptors (Lipinski definition) is 4. The van der Waals surface area contributed by atoms with E-state index < -0.39 is 6.10 Å². The molecule has 1 aliphatic carbocycles. The van der Waals surface area contributed by atoms with Crippen LogP contribution in [0.4, 0.5) is 0 Å². The molecule has 154 valence electrons. The highest BCUT2D eigenvalue weighted by molar-refractivity contribution is 14.0. The van der Waals surface area contributed by atoms with E-state index >= 15 is 0 Å². The number of rotatable bonds is 11. The molecule has 2 rings (SSSR count). The molecule has 0 radical (unpaired) electrons. The minimum atomic E-state index is -0.523. The van der Waals surface area contributed by atoms with Gasteiger partial charge in [0.05, 0.1) is 19.3 Å². The number of piperidine rings is 1. The Morgan fingerprint density at radius 3 is 2.58 bits per heavy atom. The first kappa shape index (κ1) is 23.9. The van der Waals surface area contributed by atoms with E-state index in [1.165, 1.54) is 32.2 Å². The van der Waals surface area contributed by atoms with E-state index in [1.807, 2.05) is 0 Å². The number of aliphatic hydroxyl groups is 1. The minimum absolute atomic E-state index is 0. The van der Waals surface area contributed by atoms with Gasteiger partial charge in [0, 0.05) is 32.3 Å². The van der Waals surface area contributed by atoms with Gasteiger partial charge >= 0.3 is 0 Å². The molecule has 2 aliphatic rings. The molecule has 0 bridgehead atoms. The molecule has 0 aromatic heterocycles. The van der Waals surface area contributed by atoms with Gasteiger partial charge < -0.3 is 25.4 Å². The zero-order valence-electron chi connectivity index (χ0n) is 16.6. The molecular weight excluding hydrogens is 443 g/mol. The molecule has 0 aromatic rings. The first-order valence-electron chi connectivity index (χ1n) is 10.2. The first-order chi connectivity index (χ1) is 12.2. The van der Waals surface area contributed by atoms with Crippen molar-refractivity contribution in [1.82, 2.24) is 15.5 Å². The summed E-state index contributed by atoms with van der Waals surface area (Å²) in [6.07, 6.45) is 6.90. The van der Waals surface area contributed by atoms with Crippen LogP contribution < -0.4 is 10.6 Å². The number of aliphatic hydroxyl groups excluding tert-OH is 1. The highest BCUT2D eigenvalue weighted by Crippen LogP contribution is 2.28. The average Bonchev–Trinajstić information content (AvgIpc) is 3.43. The summed E-state index contributed by atoms with van der Waals surface area (Å²) in [6, 6.07) is 0.471. The molecule has 0 amide bonds. The van der Waals surface area contributed by atoms with Crippen LogP contribution in [0, 0.1) is 5.92 Å². The van der Waals surface area contributed by atoms with Gasteiger partial charge in [-0.1, -0.05) is 13.3 Å². The number of nitrogens with zero attached hydrogens (tertiary/aromatic N) is 2. The standard InChI is InChI=1S/C19H38N4O2.HI/c1-3-5-10-23-11-8-17(9-12-23)22-19(20-4-2)21-13-18(24)15-25-14-16-6-7-16;/h16-18,24H,3-15H2,1-2H3,(H2,20,21,22);1H. The number of halogens is 1. The molecule has 1 aliphatic heterocycles. The summed E-state index contributed by atoms with van der Waals surface area (Å²) in [5.74, 6) is 1.55. The first-order valence-corrected chi connectivity index (χ1v) is 10.2. The van der Waals surface area contributed by atoms with Crippen molar-refractivity contribution in [2.45, 2.75) is 64.5 Å². The molecule has 7 heteroatoms. The fraction of sp³-hybridized carbons (Fsp3) is 0.947. The lowest BCUT2D eigenvalue weighted by atomic mass is 10.0. The third-order valence-corrected chi connectivity index (χ3v) is 4.92. The van der Waals surface area contributed by atoms with Crippen LogP contribution >= 0.6 is 24.0 Å². The van der Waals surface area contributed by atoms with E-state index in [1.54, 1.807) is 0 Å². The third kappa shape index (κ3) is 10.3. The van der Waals surface area contributed by atoms with Crippen molar-refractivity contribution >= 4 is 29.9 Å². The molecular formula is C19H39IN4O2. The minimum Gasteiger partial charge on any atom is -0.389 e. The summed E-state index contributed by atoms with van der Waals surface area (Å²) in [7, 11) is 0. The van der Waals surface area contributed by atoms with Gasteiger partial charge in [0.2, 0.25) is 0 Å². The van der Waals surface area contributed by atoms with Gasteiger partial charge in [0.1, 0.15) is 0 Å². The van der Waals surface area contributed by atoms with Crippen molar-refractivity contribution < 1.29 is 9.84 Å². The van der Waals surface area contributed by atoms with E-state index in [2.05, 4.69) is 34.4 Å². The monoisotopic (exact) mass is 482 g/mol. The fourth-order valence-corrected chi connectivity index (χ4v) is 3.10. The van der Waals surface area contributed by atoms with Gasteiger partial charge in [-0.05, 0) is 51.5 Å². The maximum absolute atomic E-state index is 10.0. The molecule has 1 atom stereocenters. The molecule has 0 aromatic carbocycles. The van der Waals surface area contributed by atoms with Crippen LogP contribution in [-0.4, -0.2) is 74.0 Å². The summed E-state index contributed by atoms with van der Waals surface area (Å²) in [5, 5.41) is 16.9. The lowest BCUT2D eigenvalue weighted by molar-refractivity contribution is 0.0368. The van der Waals surface area contributed by atoms with Crippen LogP contribution in [0.15, 0.2) is 4.99 Å². The van der Waals surface area contributed by atoms with Crippen LogP contribution in [0.1, 0.15) is 52.4 Å². The number of hydrogen-bond donors (Lipinski definition) is 3. The molecule has 1 saturated carbocycles. The van der Waals surface area contributed by atoms with Crippen molar-refractivity contribution in [3.05, 3.63) is 0 Å². The van der Waals surface area contributed by atoms with Gasteiger partial charge in [-0.15, -0.1) is 24.0 Å². The summed E-state index contributed by atoms with van der Waals surface area (Å²) in [4.78, 5) is 7.10. The van der Waals surface area contributed by atoms with E-state index in [4.69, 9.17) is 4.74 Å². The quantitative estimate of drug-likeness (QED) is 0.240. The van der Waals surface area contributed by atoms with Crippen molar-refractivity contribution in [2.24, 2.45) is 10.9 Å². The largest absolute Gasteiger partial charge is 0.389 e. The number of guanidine groups is 1. The van der Waals surface area contributed by atoms with Crippen molar-refractivity contribution in [1.29, 1.82) is 0 Å². The lowest BCUT2D eigenvalue weighted by Crippen LogP contribution is -2.49. The highest BCUT2D eigenvalue weighted by atomic mass is 127. The molecule has 3 N–H and O–H groups in total. The molecule has 1 heterocycles. The summed E-state index contributed by atoms with van der Waals surface area (Å²) < 4.78 is 5.54. The van der Waals surface area contributed by atoms with Crippen molar-refractivity contribution in [3.63, 3.8) is 0 Å². The summed E-state index contributed by atoms with van der Waals surface area (Å²) in [6.45, 7) is 10.3. The van der Waals surface area contributed by atoms with E-state index in [0.29, 0.717) is 19.2 Å². The van der Waals surface area contributed by atoms with Crippen LogP contribution in [0.2, 0.25) is 0 Å². The predicted molar refractivity (Wildman–Crippen MR) is 118 cm³/mol. The molecule has 6 nitrogen and oxygen atoms in total. The topological polar surface area (TPSA) is 69.1 Å². The highest BCUT2D eigenvalue weighted by Gasteiger charge is 2.22. The second kappa shape index (κ2) is 14.0. The molecule has 26 heavy (non-hydrogen) atoms. The number of unbranched alkanes of at least 4 members (excludes halogenated alkanes) is 1. The number of likely N-dealkylation sites (tertiary alicyclic amines) is 1. The van der Waals surface area contributed by atoms with Crippen molar-refractivity contribution in [3.8, 4) is 0 Å². The molecule has 1 saturated heterocycles. The Hall–Kier alpha value is -0.120. The Bertz CT molecular complexity index is 386. The van der Waals surface area contributed by atoms with Crippen molar-refractivity contribution in [2.75, 3.05) is 45.9 Å². The molecule has 1 unspecified atom stereocenters. The Morgan fingerprint density at radius 2 is 1.96 bits per heavy atom. The lowest BCUT2D eigenvalue weighted by Gasteiger charge is -2.33. The van der Waals surface area contributed by atoms with Gasteiger partial charge in [0.25, 0.3) is 0 Å². The Labute approximate surface area is 176 Å². The molecule has 2 fully saturated rings. The van der Waals surface area contributed by atoms with Gasteiger partial charge in [-0.25, -0.2) is 0 Å². The van der Waals surface area contributed by atoms with E-state index in [0.717, 1.165) is 51.0 Å². The third-order valence-electron chi connectivity index (χ3n) is 4.92. The molecule has 0 spiro atoms. The second-order valence-electron chi connectivity index (χ2n) is 7.47. The van der Waals surface area contributed by atoms with Crippen LogP contribution in [0.3, 0.4) is 0 Å². The Balaban J connectivity index is 0.00000338. The normalized spacial score (nSPS) is 20.5. The van der Waals surface area contributed by atoms with Crippen LogP contribution in [0.5, 0.6) is 0 Å². The summed E-state index contributed by atoms with van der Waals surface area (Å²) in [5.41, 5.74) is 0. The second-order valence-corrected chi connectivity index (χ2v) is 7.47. The smallest absolute Gasteiger partial charge is 0.191 e. The number of aliphatic imine (C=N–C) groups is 1. The Kier molecular flexibility index (Phi) is 12.8. The van der Waals surface area contributed by atoms with E-state index in [9.17, 15) is 5.11 Å².